The summed E-state index contributed by atoms with van der Waals surface area (Å²) in [6.07, 6.45) is 0.794. The standard InChI is InChI=1S/C20H19Cl2N3O3S/c1-24(2)6-3-7-25(19(26)13-5-4-12(21)8-14(13)22)20-23-15-9-16-17(28-11-27-16)10-18(15)29-20/h4-5,8-10H,3,6-7,11H2,1-2H3. The van der Waals surface area contributed by atoms with Crippen molar-refractivity contribution in [3.63, 3.8) is 0 Å². The van der Waals surface area contributed by atoms with Crippen LogP contribution in [0.4, 0.5) is 5.13 Å². The second-order valence-electron chi connectivity index (χ2n) is 6.91. The van der Waals surface area contributed by atoms with Crippen LogP contribution in [0.25, 0.3) is 10.2 Å². The van der Waals surface area contributed by atoms with E-state index in [4.69, 9.17) is 32.7 Å². The summed E-state index contributed by atoms with van der Waals surface area (Å²) in [6, 6.07) is 8.63. The fourth-order valence-electron chi connectivity index (χ4n) is 3.06. The van der Waals surface area contributed by atoms with Gasteiger partial charge in [-0.3, -0.25) is 9.69 Å². The van der Waals surface area contributed by atoms with Crippen molar-refractivity contribution >= 4 is 55.8 Å². The molecule has 0 saturated carbocycles. The Hall–Kier alpha value is -2.06. The Morgan fingerprint density at radius 3 is 2.62 bits per heavy atom. The lowest BCUT2D eigenvalue weighted by atomic mass is 10.2. The van der Waals surface area contributed by atoms with Crippen LogP contribution in [0.3, 0.4) is 0 Å². The molecule has 0 aliphatic carbocycles. The maximum absolute atomic E-state index is 13.3. The Labute approximate surface area is 182 Å². The molecule has 9 heteroatoms. The van der Waals surface area contributed by atoms with Crippen molar-refractivity contribution in [2.75, 3.05) is 38.9 Å². The molecule has 1 aliphatic heterocycles. The molecule has 0 N–H and O–H groups in total. The fourth-order valence-corrected chi connectivity index (χ4v) is 4.55. The molecule has 0 bridgehead atoms. The SMILES string of the molecule is CN(C)CCCN(C(=O)c1ccc(Cl)cc1Cl)c1nc2cc3c(cc2s1)OCO3. The molecule has 2 aromatic carbocycles. The number of anilines is 1. The zero-order valence-electron chi connectivity index (χ0n) is 15.9. The average Bonchev–Trinajstić information content (AvgIpc) is 3.28. The van der Waals surface area contributed by atoms with Gasteiger partial charge >= 0.3 is 0 Å². The predicted molar refractivity (Wildman–Crippen MR) is 117 cm³/mol. The number of thiazole rings is 1. The molecule has 1 aromatic heterocycles. The van der Waals surface area contributed by atoms with E-state index < -0.39 is 0 Å². The van der Waals surface area contributed by atoms with Gasteiger partial charge in [0.05, 0.1) is 20.8 Å². The number of fused-ring (bicyclic) bond motifs is 2. The molecule has 2 heterocycles. The zero-order chi connectivity index (χ0) is 20.5. The van der Waals surface area contributed by atoms with Crippen LogP contribution in [0.1, 0.15) is 16.8 Å². The van der Waals surface area contributed by atoms with E-state index in [0.29, 0.717) is 38.8 Å². The quantitative estimate of drug-likeness (QED) is 0.531. The summed E-state index contributed by atoms with van der Waals surface area (Å²) in [5.74, 6) is 1.16. The summed E-state index contributed by atoms with van der Waals surface area (Å²) in [4.78, 5) is 21.8. The largest absolute Gasteiger partial charge is 0.454 e. The third-order valence-electron chi connectivity index (χ3n) is 4.50. The lowest BCUT2D eigenvalue weighted by Gasteiger charge is -2.21. The van der Waals surface area contributed by atoms with Gasteiger partial charge < -0.3 is 14.4 Å². The molecule has 1 aliphatic rings. The average molecular weight is 452 g/mol. The fraction of sp³-hybridized carbons (Fsp3) is 0.300. The first-order chi connectivity index (χ1) is 13.9. The predicted octanol–water partition coefficient (Wildman–Crippen LogP) is 4.93. The van der Waals surface area contributed by atoms with Gasteiger partial charge in [0.25, 0.3) is 5.91 Å². The second kappa shape index (κ2) is 8.36. The van der Waals surface area contributed by atoms with Crippen molar-refractivity contribution in [3.8, 4) is 11.5 Å². The highest BCUT2D eigenvalue weighted by Crippen LogP contribution is 2.40. The van der Waals surface area contributed by atoms with E-state index in [-0.39, 0.29) is 12.7 Å². The monoisotopic (exact) mass is 451 g/mol. The van der Waals surface area contributed by atoms with Gasteiger partial charge in [-0.05, 0) is 45.3 Å². The Kier molecular flexibility index (Phi) is 5.83. The number of nitrogens with zero attached hydrogens (tertiary/aromatic N) is 3. The number of benzene rings is 2. The molecule has 29 heavy (non-hydrogen) atoms. The first kappa shape index (κ1) is 20.2. The van der Waals surface area contributed by atoms with Gasteiger partial charge in [0.1, 0.15) is 0 Å². The van der Waals surface area contributed by atoms with E-state index in [2.05, 4.69) is 9.88 Å². The van der Waals surface area contributed by atoms with Crippen LogP contribution in [0.2, 0.25) is 10.0 Å². The van der Waals surface area contributed by atoms with Crippen molar-refractivity contribution in [2.45, 2.75) is 6.42 Å². The molecule has 1 amide bonds. The van der Waals surface area contributed by atoms with E-state index in [0.717, 1.165) is 23.2 Å². The molecule has 0 spiro atoms. The third-order valence-corrected chi connectivity index (χ3v) is 6.09. The minimum atomic E-state index is -0.204. The van der Waals surface area contributed by atoms with Crippen molar-refractivity contribution in [1.82, 2.24) is 9.88 Å². The molecule has 6 nitrogen and oxygen atoms in total. The zero-order valence-corrected chi connectivity index (χ0v) is 18.3. The number of rotatable bonds is 6. The number of ether oxygens (including phenoxy) is 2. The van der Waals surface area contributed by atoms with E-state index in [1.807, 2.05) is 26.2 Å². The topological polar surface area (TPSA) is 54.9 Å². The van der Waals surface area contributed by atoms with Crippen molar-refractivity contribution in [2.24, 2.45) is 0 Å². The van der Waals surface area contributed by atoms with Crippen LogP contribution >= 0.6 is 34.5 Å². The Morgan fingerprint density at radius 2 is 1.90 bits per heavy atom. The van der Waals surface area contributed by atoms with Crippen LogP contribution in [0.5, 0.6) is 11.5 Å². The molecule has 3 aromatic rings. The van der Waals surface area contributed by atoms with Gasteiger partial charge in [-0.15, -0.1) is 0 Å². The lowest BCUT2D eigenvalue weighted by molar-refractivity contribution is 0.0986. The highest BCUT2D eigenvalue weighted by molar-refractivity contribution is 7.22. The number of carbonyl (C=O) groups is 1. The first-order valence-electron chi connectivity index (χ1n) is 9.04. The summed E-state index contributed by atoms with van der Waals surface area (Å²) in [5, 5.41) is 1.42. The van der Waals surface area contributed by atoms with Gasteiger partial charge in [-0.1, -0.05) is 34.5 Å². The van der Waals surface area contributed by atoms with Crippen LogP contribution < -0.4 is 14.4 Å². The maximum atomic E-state index is 13.3. The minimum absolute atomic E-state index is 0.204. The highest BCUT2D eigenvalue weighted by atomic mass is 35.5. The number of aromatic nitrogens is 1. The molecule has 0 unspecified atom stereocenters. The van der Waals surface area contributed by atoms with Crippen molar-refractivity contribution in [3.05, 3.63) is 45.9 Å². The smallest absolute Gasteiger partial charge is 0.261 e. The van der Waals surface area contributed by atoms with Crippen molar-refractivity contribution < 1.29 is 14.3 Å². The van der Waals surface area contributed by atoms with Gasteiger partial charge in [0.15, 0.2) is 16.6 Å². The molecule has 0 saturated heterocycles. The summed E-state index contributed by atoms with van der Waals surface area (Å²) in [7, 11) is 4.00. The maximum Gasteiger partial charge on any atom is 0.261 e. The Balaban J connectivity index is 1.69. The summed E-state index contributed by atoms with van der Waals surface area (Å²) < 4.78 is 11.8. The second-order valence-corrected chi connectivity index (χ2v) is 8.76. The van der Waals surface area contributed by atoms with Crippen molar-refractivity contribution in [1.29, 1.82) is 0 Å². The minimum Gasteiger partial charge on any atom is -0.454 e. The van der Waals surface area contributed by atoms with Crippen LogP contribution in [0.15, 0.2) is 30.3 Å². The summed E-state index contributed by atoms with van der Waals surface area (Å²) >= 11 is 13.7. The molecule has 0 fully saturated rings. The number of amides is 1. The van der Waals surface area contributed by atoms with Crippen LogP contribution in [0, 0.1) is 0 Å². The van der Waals surface area contributed by atoms with Crippen LogP contribution in [-0.4, -0.2) is 49.8 Å². The summed E-state index contributed by atoms with van der Waals surface area (Å²) in [5.41, 5.74) is 1.16. The Morgan fingerprint density at radius 1 is 1.14 bits per heavy atom. The number of hydrogen-bond acceptors (Lipinski definition) is 6. The molecular weight excluding hydrogens is 433 g/mol. The highest BCUT2D eigenvalue weighted by Gasteiger charge is 2.24. The molecule has 152 valence electrons. The molecular formula is C20H19Cl2N3O3S. The van der Waals surface area contributed by atoms with Gasteiger partial charge in [0, 0.05) is 23.7 Å². The van der Waals surface area contributed by atoms with E-state index in [1.54, 1.807) is 23.1 Å². The molecule has 4 rings (SSSR count). The normalized spacial score (nSPS) is 12.7. The Bertz CT molecular complexity index is 1030. The van der Waals surface area contributed by atoms with E-state index >= 15 is 0 Å². The van der Waals surface area contributed by atoms with Gasteiger partial charge in [-0.25, -0.2) is 4.98 Å². The number of halogens is 2. The third kappa shape index (κ3) is 4.28. The van der Waals surface area contributed by atoms with Gasteiger partial charge in [0.2, 0.25) is 6.79 Å². The van der Waals surface area contributed by atoms with E-state index in [9.17, 15) is 4.79 Å². The van der Waals surface area contributed by atoms with E-state index in [1.165, 1.54) is 11.3 Å². The molecule has 0 atom stereocenters. The van der Waals surface area contributed by atoms with Crippen LogP contribution in [-0.2, 0) is 0 Å². The molecule has 0 radical (unpaired) electrons. The summed E-state index contributed by atoms with van der Waals surface area (Å²) in [6.45, 7) is 1.57. The van der Waals surface area contributed by atoms with Gasteiger partial charge in [-0.2, -0.15) is 0 Å². The number of carbonyl (C=O) groups excluding carboxylic acids is 1. The lowest BCUT2D eigenvalue weighted by Crippen LogP contribution is -2.33. The first-order valence-corrected chi connectivity index (χ1v) is 10.6. The number of hydrogen-bond donors (Lipinski definition) is 0.